The summed E-state index contributed by atoms with van der Waals surface area (Å²) in [6, 6.07) is 1.41. The smallest absolute Gasteiger partial charge is 0.168 e. The predicted octanol–water partition coefficient (Wildman–Crippen LogP) is 1.59. The summed E-state index contributed by atoms with van der Waals surface area (Å²) >= 11 is 0. The Morgan fingerprint density at radius 3 is 2.94 bits per heavy atom. The number of hydrogen-bond donors (Lipinski definition) is 2. The fraction of sp³-hybridized carbons (Fsp3) is 0.583. The van der Waals surface area contributed by atoms with Crippen molar-refractivity contribution in [3.63, 3.8) is 0 Å². The van der Waals surface area contributed by atoms with Crippen LogP contribution in [0.3, 0.4) is 0 Å². The van der Waals surface area contributed by atoms with Crippen LogP contribution < -0.4 is 11.1 Å². The minimum Gasteiger partial charge on any atom is -0.381 e. The summed E-state index contributed by atoms with van der Waals surface area (Å²) in [7, 11) is 0. The van der Waals surface area contributed by atoms with Crippen LogP contribution in [-0.2, 0) is 0 Å². The number of anilines is 2. The van der Waals surface area contributed by atoms with E-state index in [-0.39, 0.29) is 17.7 Å². The number of hydrogen-bond acceptors (Lipinski definition) is 4. The van der Waals surface area contributed by atoms with E-state index in [2.05, 4.69) is 15.2 Å². The van der Waals surface area contributed by atoms with E-state index in [9.17, 15) is 8.78 Å². The Morgan fingerprint density at radius 1 is 1.28 bits per heavy atom. The van der Waals surface area contributed by atoms with Gasteiger partial charge in [-0.2, -0.15) is 0 Å². The second-order valence-corrected chi connectivity index (χ2v) is 4.97. The number of halogens is 2. The zero-order chi connectivity index (χ0) is 12.7. The number of pyridine rings is 1. The second-order valence-electron chi connectivity index (χ2n) is 4.97. The van der Waals surface area contributed by atoms with Crippen molar-refractivity contribution in [2.45, 2.75) is 31.3 Å². The molecule has 2 aliphatic heterocycles. The van der Waals surface area contributed by atoms with E-state index in [1.807, 2.05) is 0 Å². The summed E-state index contributed by atoms with van der Waals surface area (Å²) in [4.78, 5) is 6.15. The third kappa shape index (κ3) is 1.90. The molecule has 98 valence electrons. The summed E-state index contributed by atoms with van der Waals surface area (Å²) in [6.07, 6.45) is 3.27. The molecule has 0 aromatic carbocycles. The molecule has 2 saturated heterocycles. The van der Waals surface area contributed by atoms with Crippen molar-refractivity contribution in [1.82, 2.24) is 9.88 Å². The first-order chi connectivity index (χ1) is 8.65. The monoisotopic (exact) mass is 254 g/mol. The standard InChI is InChI=1S/C12H16F2N4/c13-7-6-8(14)12(17-11(7)15)16-9-3-5-18-4-1-2-10(9)18/h6,9-10H,1-5H2,(H3,15,16,17). The van der Waals surface area contributed by atoms with Gasteiger partial charge in [0.05, 0.1) is 0 Å². The van der Waals surface area contributed by atoms with Crippen LogP contribution in [0.1, 0.15) is 19.3 Å². The average Bonchev–Trinajstić information content (AvgIpc) is 2.90. The average molecular weight is 254 g/mol. The third-order valence-electron chi connectivity index (χ3n) is 3.88. The summed E-state index contributed by atoms with van der Waals surface area (Å²) in [6.45, 7) is 2.14. The molecule has 1 aromatic rings. The number of nitrogens with zero attached hydrogens (tertiary/aromatic N) is 2. The molecule has 0 spiro atoms. The Kier molecular flexibility index (Phi) is 2.81. The lowest BCUT2D eigenvalue weighted by molar-refractivity contribution is 0.318. The molecule has 2 unspecified atom stereocenters. The maximum absolute atomic E-state index is 13.6. The molecule has 1 aromatic heterocycles. The van der Waals surface area contributed by atoms with E-state index >= 15 is 0 Å². The van der Waals surface area contributed by atoms with Crippen molar-refractivity contribution in [1.29, 1.82) is 0 Å². The molecule has 6 heteroatoms. The van der Waals surface area contributed by atoms with Gasteiger partial charge in [0.1, 0.15) is 0 Å². The van der Waals surface area contributed by atoms with E-state index < -0.39 is 11.6 Å². The van der Waals surface area contributed by atoms with Crippen LogP contribution >= 0.6 is 0 Å². The molecular weight excluding hydrogens is 238 g/mol. The van der Waals surface area contributed by atoms with Gasteiger partial charge in [0.25, 0.3) is 0 Å². The molecule has 3 heterocycles. The van der Waals surface area contributed by atoms with Gasteiger partial charge in [0.15, 0.2) is 23.3 Å². The zero-order valence-electron chi connectivity index (χ0n) is 10.00. The van der Waals surface area contributed by atoms with E-state index in [0.717, 1.165) is 32.0 Å². The SMILES string of the molecule is Nc1nc(NC2CCN3CCCC23)c(F)cc1F. The van der Waals surface area contributed by atoms with Crippen molar-refractivity contribution in [2.75, 3.05) is 24.1 Å². The number of aromatic nitrogens is 1. The Bertz CT molecular complexity index is 466. The molecule has 3 rings (SSSR count). The van der Waals surface area contributed by atoms with Gasteiger partial charge in [-0.3, -0.25) is 4.90 Å². The topological polar surface area (TPSA) is 54.2 Å². The second kappa shape index (κ2) is 4.35. The van der Waals surface area contributed by atoms with E-state index in [1.165, 1.54) is 6.42 Å². The lowest BCUT2D eigenvalue weighted by atomic mass is 10.1. The molecule has 0 aliphatic carbocycles. The van der Waals surface area contributed by atoms with E-state index in [4.69, 9.17) is 5.73 Å². The highest BCUT2D eigenvalue weighted by atomic mass is 19.1. The van der Waals surface area contributed by atoms with Gasteiger partial charge >= 0.3 is 0 Å². The third-order valence-corrected chi connectivity index (χ3v) is 3.88. The molecule has 0 amide bonds. The largest absolute Gasteiger partial charge is 0.381 e. The van der Waals surface area contributed by atoms with Crippen LogP contribution in [0.2, 0.25) is 0 Å². The maximum atomic E-state index is 13.6. The Hall–Kier alpha value is -1.43. The molecule has 2 atom stereocenters. The van der Waals surface area contributed by atoms with Crippen molar-refractivity contribution in [3.05, 3.63) is 17.7 Å². The number of nitrogen functional groups attached to an aromatic ring is 1. The zero-order valence-corrected chi connectivity index (χ0v) is 10.00. The molecule has 0 radical (unpaired) electrons. The van der Waals surface area contributed by atoms with Gasteiger partial charge in [-0.25, -0.2) is 13.8 Å². The molecule has 4 nitrogen and oxygen atoms in total. The highest BCUT2D eigenvalue weighted by Crippen LogP contribution is 2.30. The van der Waals surface area contributed by atoms with Crippen molar-refractivity contribution in [2.24, 2.45) is 0 Å². The van der Waals surface area contributed by atoms with Gasteiger partial charge in [-0.1, -0.05) is 0 Å². The van der Waals surface area contributed by atoms with Gasteiger partial charge < -0.3 is 11.1 Å². The van der Waals surface area contributed by atoms with Crippen LogP contribution in [0.4, 0.5) is 20.4 Å². The van der Waals surface area contributed by atoms with Gasteiger partial charge in [0.2, 0.25) is 0 Å². The minimum absolute atomic E-state index is 0.0626. The maximum Gasteiger partial charge on any atom is 0.168 e. The molecule has 18 heavy (non-hydrogen) atoms. The van der Waals surface area contributed by atoms with Gasteiger partial charge in [-0.15, -0.1) is 0 Å². The predicted molar refractivity (Wildman–Crippen MR) is 65.2 cm³/mol. The highest BCUT2D eigenvalue weighted by Gasteiger charge is 2.37. The van der Waals surface area contributed by atoms with Crippen molar-refractivity contribution >= 4 is 11.6 Å². The van der Waals surface area contributed by atoms with Crippen LogP contribution in [0.25, 0.3) is 0 Å². The Labute approximate surface area is 104 Å². The molecule has 2 fully saturated rings. The van der Waals surface area contributed by atoms with E-state index in [0.29, 0.717) is 6.04 Å². The highest BCUT2D eigenvalue weighted by molar-refractivity contribution is 5.46. The Morgan fingerprint density at radius 2 is 2.11 bits per heavy atom. The molecule has 0 saturated carbocycles. The number of nitrogens with two attached hydrogens (primary N) is 1. The minimum atomic E-state index is -0.813. The normalized spacial score (nSPS) is 27.4. The summed E-state index contributed by atoms with van der Waals surface area (Å²) in [5.41, 5.74) is 5.37. The lowest BCUT2D eigenvalue weighted by Crippen LogP contribution is -2.34. The van der Waals surface area contributed by atoms with Crippen LogP contribution in [0.5, 0.6) is 0 Å². The molecular formula is C12H16F2N4. The van der Waals surface area contributed by atoms with Crippen molar-refractivity contribution < 1.29 is 8.78 Å². The van der Waals surface area contributed by atoms with Crippen LogP contribution in [0.15, 0.2) is 6.07 Å². The fourth-order valence-corrected chi connectivity index (χ4v) is 3.01. The summed E-state index contributed by atoms with van der Waals surface area (Å²) < 4.78 is 26.6. The Balaban J connectivity index is 1.78. The van der Waals surface area contributed by atoms with Crippen LogP contribution in [0, 0.1) is 11.6 Å². The number of rotatable bonds is 2. The molecule has 0 bridgehead atoms. The number of nitrogens with one attached hydrogen (secondary N) is 1. The molecule has 3 N–H and O–H groups in total. The van der Waals surface area contributed by atoms with E-state index in [1.54, 1.807) is 0 Å². The van der Waals surface area contributed by atoms with Crippen LogP contribution in [-0.4, -0.2) is 35.1 Å². The summed E-state index contributed by atoms with van der Waals surface area (Å²) in [5, 5.41) is 3.07. The first kappa shape index (κ1) is 11.6. The fourth-order valence-electron chi connectivity index (χ4n) is 3.01. The quantitative estimate of drug-likeness (QED) is 0.841. The van der Waals surface area contributed by atoms with Gasteiger partial charge in [-0.05, 0) is 25.8 Å². The van der Waals surface area contributed by atoms with Crippen molar-refractivity contribution in [3.8, 4) is 0 Å². The summed E-state index contributed by atoms with van der Waals surface area (Å²) in [5.74, 6) is -1.70. The molecule has 2 aliphatic rings. The lowest BCUT2D eigenvalue weighted by Gasteiger charge is -2.22. The first-order valence-corrected chi connectivity index (χ1v) is 6.27. The number of fused-ring (bicyclic) bond motifs is 1. The first-order valence-electron chi connectivity index (χ1n) is 6.27. The van der Waals surface area contributed by atoms with Gasteiger partial charge in [0, 0.05) is 24.7 Å².